The Balaban J connectivity index is 1.37. The highest BCUT2D eigenvalue weighted by Crippen LogP contribution is 2.26. The Kier molecular flexibility index (Phi) is 8.45. The van der Waals surface area contributed by atoms with E-state index in [-0.39, 0.29) is 37.0 Å². The van der Waals surface area contributed by atoms with E-state index in [4.69, 9.17) is 0 Å². The van der Waals surface area contributed by atoms with Crippen LogP contribution in [0.15, 0.2) is 91.1 Å². The molecule has 4 N–H and O–H groups in total. The van der Waals surface area contributed by atoms with Crippen LogP contribution in [0.3, 0.4) is 0 Å². The third-order valence-electron chi connectivity index (χ3n) is 8.64. The number of amides is 4. The highest BCUT2D eigenvalue weighted by molar-refractivity contribution is 5.98. The summed E-state index contributed by atoms with van der Waals surface area (Å²) < 4.78 is 0. The summed E-state index contributed by atoms with van der Waals surface area (Å²) in [7, 11) is 0. The molecule has 3 aromatic carbocycles. The lowest BCUT2D eigenvalue weighted by Gasteiger charge is -2.32. The highest BCUT2D eigenvalue weighted by Gasteiger charge is 2.43. The van der Waals surface area contributed by atoms with E-state index in [1.807, 2.05) is 98.0 Å². The van der Waals surface area contributed by atoms with Gasteiger partial charge in [-0.1, -0.05) is 85.8 Å². The van der Waals surface area contributed by atoms with Crippen molar-refractivity contribution in [3.8, 4) is 0 Å². The molecule has 44 heavy (non-hydrogen) atoms. The Morgan fingerprint density at radius 2 is 1.20 bits per heavy atom. The van der Waals surface area contributed by atoms with Crippen LogP contribution in [0.4, 0.5) is 0 Å². The number of carbonyl (C=O) groups excluding carboxylic acids is 4. The zero-order valence-corrected chi connectivity index (χ0v) is 24.7. The zero-order valence-electron chi connectivity index (χ0n) is 24.7. The minimum atomic E-state index is -0.990. The Morgan fingerprint density at radius 1 is 0.659 bits per heavy atom. The average Bonchev–Trinajstić information content (AvgIpc) is 3.63. The van der Waals surface area contributed by atoms with Gasteiger partial charge >= 0.3 is 0 Å². The largest absolute Gasteiger partial charge is 0.361 e. The normalized spacial score (nSPS) is 24.6. The number of fused-ring (bicyclic) bond motifs is 2. The first kappa shape index (κ1) is 29.2. The van der Waals surface area contributed by atoms with Crippen molar-refractivity contribution in [1.82, 2.24) is 25.8 Å². The summed E-state index contributed by atoms with van der Waals surface area (Å²) in [6, 6.07) is 23.1. The van der Waals surface area contributed by atoms with Gasteiger partial charge in [-0.05, 0) is 35.1 Å². The molecule has 9 heteroatoms. The molecular formula is C35H37N5O4. The predicted molar refractivity (Wildman–Crippen MR) is 167 cm³/mol. The molecule has 0 bridgehead atoms. The maximum atomic E-state index is 14.2. The second-order valence-electron chi connectivity index (χ2n) is 12.0. The minimum Gasteiger partial charge on any atom is -0.361 e. The Morgan fingerprint density at radius 3 is 1.89 bits per heavy atom. The quantitative estimate of drug-likeness (QED) is 0.275. The van der Waals surface area contributed by atoms with E-state index in [0.717, 1.165) is 27.6 Å². The van der Waals surface area contributed by atoms with Gasteiger partial charge in [-0.15, -0.1) is 0 Å². The van der Waals surface area contributed by atoms with Crippen LogP contribution in [-0.4, -0.2) is 64.2 Å². The van der Waals surface area contributed by atoms with E-state index >= 15 is 0 Å². The third-order valence-corrected chi connectivity index (χ3v) is 8.64. The van der Waals surface area contributed by atoms with E-state index in [9.17, 15) is 19.2 Å². The monoisotopic (exact) mass is 591 g/mol. The molecule has 0 spiro atoms. The Hall–Kier alpha value is -4.92. The molecule has 0 radical (unpaired) electrons. The molecule has 2 aliphatic heterocycles. The number of para-hydroxylation sites is 1. The molecule has 0 unspecified atom stereocenters. The molecule has 4 amide bonds. The zero-order chi connectivity index (χ0) is 30.6. The van der Waals surface area contributed by atoms with Crippen molar-refractivity contribution >= 4 is 34.5 Å². The number of hydrogen-bond donors (Lipinski definition) is 4. The Labute approximate surface area is 256 Å². The van der Waals surface area contributed by atoms with Crippen LogP contribution in [-0.2, 0) is 38.4 Å². The number of carbonyl (C=O) groups is 4. The maximum absolute atomic E-state index is 14.2. The second-order valence-corrected chi connectivity index (χ2v) is 12.0. The molecule has 226 valence electrons. The fourth-order valence-electron chi connectivity index (χ4n) is 6.39. The van der Waals surface area contributed by atoms with E-state index in [1.54, 1.807) is 4.90 Å². The molecule has 9 nitrogen and oxygen atoms in total. The second kappa shape index (κ2) is 12.8. The number of benzene rings is 3. The van der Waals surface area contributed by atoms with Crippen molar-refractivity contribution in [1.29, 1.82) is 0 Å². The van der Waals surface area contributed by atoms with Gasteiger partial charge in [0, 0.05) is 42.9 Å². The number of hydrogen-bond acceptors (Lipinski definition) is 4. The summed E-state index contributed by atoms with van der Waals surface area (Å²) in [6.45, 7) is 2.40. The van der Waals surface area contributed by atoms with Gasteiger partial charge in [0.05, 0.1) is 0 Å². The van der Waals surface area contributed by atoms with Gasteiger partial charge in [-0.3, -0.25) is 19.2 Å². The van der Waals surface area contributed by atoms with Gasteiger partial charge < -0.3 is 25.8 Å². The van der Waals surface area contributed by atoms with Gasteiger partial charge in [0.25, 0.3) is 0 Å². The molecule has 2 fully saturated rings. The van der Waals surface area contributed by atoms with Crippen LogP contribution in [0, 0.1) is 5.92 Å². The number of H-pyrrole nitrogens is 1. The van der Waals surface area contributed by atoms with Crippen molar-refractivity contribution in [3.05, 3.63) is 108 Å². The Bertz CT molecular complexity index is 1650. The van der Waals surface area contributed by atoms with Crippen LogP contribution < -0.4 is 16.0 Å². The number of aromatic nitrogens is 1. The summed E-state index contributed by atoms with van der Waals surface area (Å²) in [5, 5.41) is 9.82. The van der Waals surface area contributed by atoms with Gasteiger partial charge in [0.1, 0.15) is 24.2 Å². The fraction of sp³-hybridized carbons (Fsp3) is 0.314. The van der Waals surface area contributed by atoms with Crippen molar-refractivity contribution in [3.63, 3.8) is 0 Å². The van der Waals surface area contributed by atoms with Crippen LogP contribution >= 0.6 is 0 Å². The summed E-state index contributed by atoms with van der Waals surface area (Å²) in [6.07, 6.45) is 3.02. The molecule has 1 aromatic heterocycles. The molecule has 5 atom stereocenters. The number of nitrogens with zero attached hydrogens (tertiary/aromatic N) is 1. The lowest BCUT2D eigenvalue weighted by atomic mass is 9.99. The predicted octanol–water partition coefficient (Wildman–Crippen LogP) is 2.90. The van der Waals surface area contributed by atoms with E-state index in [1.165, 1.54) is 0 Å². The molecule has 2 saturated heterocycles. The fourth-order valence-corrected chi connectivity index (χ4v) is 6.39. The number of aromatic amines is 1. The van der Waals surface area contributed by atoms with E-state index < -0.39 is 36.0 Å². The van der Waals surface area contributed by atoms with Gasteiger partial charge in [-0.2, -0.15) is 0 Å². The SMILES string of the molecule is C[C@H]1C[C@@H]2C(=O)N[C@@H](Cc3ccccc3)C(=O)N[C@H](Cc3c[nH]c4ccccc34)C(=O)N[C@@H](Cc3ccccc3)C(=O)N2C1. The van der Waals surface area contributed by atoms with Crippen molar-refractivity contribution in [2.45, 2.75) is 56.8 Å². The first-order chi connectivity index (χ1) is 21.4. The average molecular weight is 592 g/mol. The summed E-state index contributed by atoms with van der Waals surface area (Å²) in [5.41, 5.74) is 3.53. The first-order valence-corrected chi connectivity index (χ1v) is 15.2. The van der Waals surface area contributed by atoms with Crippen molar-refractivity contribution < 1.29 is 19.2 Å². The van der Waals surface area contributed by atoms with Crippen molar-refractivity contribution in [2.24, 2.45) is 5.92 Å². The lowest BCUT2D eigenvalue weighted by molar-refractivity contribution is -0.143. The smallest absolute Gasteiger partial charge is 0.246 e. The third kappa shape index (κ3) is 6.37. The molecule has 6 rings (SSSR count). The van der Waals surface area contributed by atoms with Crippen LogP contribution in [0.25, 0.3) is 10.9 Å². The molecule has 3 heterocycles. The van der Waals surface area contributed by atoms with Gasteiger partial charge in [0.2, 0.25) is 23.6 Å². The van der Waals surface area contributed by atoms with E-state index in [2.05, 4.69) is 20.9 Å². The van der Waals surface area contributed by atoms with Gasteiger partial charge in [-0.25, -0.2) is 0 Å². The summed E-state index contributed by atoms with van der Waals surface area (Å²) >= 11 is 0. The van der Waals surface area contributed by atoms with E-state index in [0.29, 0.717) is 13.0 Å². The summed E-state index contributed by atoms with van der Waals surface area (Å²) in [5.74, 6) is -1.48. The van der Waals surface area contributed by atoms with Gasteiger partial charge in [0.15, 0.2) is 0 Å². The molecular weight excluding hydrogens is 554 g/mol. The topological polar surface area (TPSA) is 123 Å². The standard InChI is InChI=1S/C35H37N5O4/c1-22-16-31-34(43)38-28(17-23-10-4-2-5-11-23)32(41)37-29(19-25-20-36-27-15-9-8-14-26(25)27)33(42)39-30(35(44)40(31)21-22)18-24-12-6-3-7-13-24/h2-15,20,22,28-31,36H,16-19,21H2,1H3,(H,37,41)(H,38,43)(H,39,42)/t22-,28-,29+,30-,31+/m0/s1. The molecule has 0 saturated carbocycles. The van der Waals surface area contributed by atoms with Crippen LogP contribution in [0.5, 0.6) is 0 Å². The number of rotatable bonds is 6. The molecule has 2 aliphatic rings. The summed E-state index contributed by atoms with van der Waals surface area (Å²) in [4.78, 5) is 60.8. The minimum absolute atomic E-state index is 0.0870. The highest BCUT2D eigenvalue weighted by atomic mass is 16.2. The lowest BCUT2D eigenvalue weighted by Crippen LogP contribution is -2.62. The molecule has 4 aromatic rings. The first-order valence-electron chi connectivity index (χ1n) is 15.2. The van der Waals surface area contributed by atoms with Crippen LogP contribution in [0.1, 0.15) is 30.0 Å². The molecule has 0 aliphatic carbocycles. The van der Waals surface area contributed by atoms with Crippen molar-refractivity contribution in [2.75, 3.05) is 6.54 Å². The number of nitrogens with one attached hydrogen (secondary N) is 4. The van der Waals surface area contributed by atoms with Crippen LogP contribution in [0.2, 0.25) is 0 Å². The maximum Gasteiger partial charge on any atom is 0.246 e.